The molecular weight excluding hydrogens is 410 g/mol. The second-order valence-electron chi connectivity index (χ2n) is 9.38. The number of benzene rings is 1. The Hall–Kier alpha value is -2.54. The van der Waals surface area contributed by atoms with Crippen LogP contribution in [0.5, 0.6) is 0 Å². The van der Waals surface area contributed by atoms with Gasteiger partial charge in [0.15, 0.2) is 5.13 Å². The van der Waals surface area contributed by atoms with Crippen molar-refractivity contribution in [1.29, 1.82) is 0 Å². The Labute approximate surface area is 187 Å². The van der Waals surface area contributed by atoms with Gasteiger partial charge in [-0.2, -0.15) is 0 Å². The number of carbonyl (C=O) groups excluding carboxylic acids is 3. The van der Waals surface area contributed by atoms with E-state index in [4.69, 9.17) is 0 Å². The summed E-state index contributed by atoms with van der Waals surface area (Å²) in [5, 5.41) is 3.43. The summed E-state index contributed by atoms with van der Waals surface area (Å²) in [6.07, 6.45) is 2.20. The van der Waals surface area contributed by atoms with Crippen molar-refractivity contribution >= 4 is 34.2 Å². The lowest BCUT2D eigenvalue weighted by Crippen LogP contribution is -2.59. The van der Waals surface area contributed by atoms with E-state index >= 15 is 0 Å². The van der Waals surface area contributed by atoms with Gasteiger partial charge in [0.05, 0.1) is 11.1 Å². The number of rotatable bonds is 6. The molecule has 2 heterocycles. The fourth-order valence-electron chi connectivity index (χ4n) is 5.01. The molecule has 3 amide bonds. The summed E-state index contributed by atoms with van der Waals surface area (Å²) in [6.45, 7) is 8.32. The molecule has 2 atom stereocenters. The number of fused-ring (bicyclic) bond motifs is 2. The number of thiazole rings is 1. The lowest BCUT2D eigenvalue weighted by Gasteiger charge is -2.47. The third kappa shape index (κ3) is 3.59. The van der Waals surface area contributed by atoms with Gasteiger partial charge >= 0.3 is 0 Å². The number of hydrogen-bond acceptors (Lipinski definition) is 5. The van der Waals surface area contributed by atoms with E-state index < -0.39 is 5.41 Å². The molecule has 1 saturated heterocycles. The minimum absolute atomic E-state index is 0.0755. The third-order valence-corrected chi connectivity index (χ3v) is 8.27. The van der Waals surface area contributed by atoms with Gasteiger partial charge in [0, 0.05) is 29.3 Å². The zero-order valence-corrected chi connectivity index (χ0v) is 19.3. The molecule has 4 rings (SSSR count). The minimum Gasteiger partial charge on any atom is -0.302 e. The monoisotopic (exact) mass is 439 g/mol. The maximum Gasteiger partial charge on any atom is 0.235 e. The molecule has 31 heavy (non-hydrogen) atoms. The molecule has 2 aromatic rings. The van der Waals surface area contributed by atoms with Crippen LogP contribution in [-0.2, 0) is 14.4 Å². The maximum atomic E-state index is 13.1. The molecule has 1 aliphatic heterocycles. The van der Waals surface area contributed by atoms with Crippen molar-refractivity contribution in [3.8, 4) is 11.3 Å². The normalized spacial score (nSPS) is 24.5. The summed E-state index contributed by atoms with van der Waals surface area (Å²) >= 11 is 1.45. The number of aryl methyl sites for hydroxylation is 1. The summed E-state index contributed by atoms with van der Waals surface area (Å²) in [5.74, 6) is -0.424. The van der Waals surface area contributed by atoms with Crippen LogP contribution >= 0.6 is 11.3 Å². The zero-order chi connectivity index (χ0) is 22.4. The zero-order valence-electron chi connectivity index (χ0n) is 18.5. The number of imide groups is 1. The van der Waals surface area contributed by atoms with Gasteiger partial charge in [-0.15, -0.1) is 11.3 Å². The van der Waals surface area contributed by atoms with Crippen LogP contribution in [-0.4, -0.2) is 34.2 Å². The average molecular weight is 440 g/mol. The number of piperidine rings is 1. The third-order valence-electron chi connectivity index (χ3n) is 7.38. The number of nitrogens with one attached hydrogen (secondary N) is 1. The van der Waals surface area contributed by atoms with E-state index in [1.165, 1.54) is 16.2 Å². The van der Waals surface area contributed by atoms with E-state index in [9.17, 15) is 14.4 Å². The Balaban J connectivity index is 1.34. The SMILES string of the molecule is Cc1sc(NC(=O)CCCN2C(=O)C3CCC(C)(C2=O)C3(C)C)nc1-c1ccccc1. The second kappa shape index (κ2) is 7.86. The fraction of sp³-hybridized carbons (Fsp3) is 0.500. The standard InChI is InChI=1S/C24H29N3O3S/c1-15-19(16-9-6-5-7-10-16)26-22(31-15)25-18(28)11-8-14-27-20(29)17-12-13-24(4,21(27)30)23(17,2)3/h5-7,9-10,17H,8,11-14H2,1-4H3,(H,25,26,28). The number of amides is 3. The second-order valence-corrected chi connectivity index (χ2v) is 10.6. The summed E-state index contributed by atoms with van der Waals surface area (Å²) in [5.41, 5.74) is 1.08. The van der Waals surface area contributed by atoms with Gasteiger partial charge in [0.2, 0.25) is 17.7 Å². The summed E-state index contributed by atoms with van der Waals surface area (Å²) in [6, 6.07) is 9.87. The van der Waals surface area contributed by atoms with Crippen LogP contribution in [0.25, 0.3) is 11.3 Å². The molecule has 1 aromatic carbocycles. The fourth-order valence-corrected chi connectivity index (χ4v) is 5.86. The number of carbonyl (C=O) groups is 3. The van der Waals surface area contributed by atoms with Crippen molar-refractivity contribution in [2.45, 2.75) is 53.4 Å². The van der Waals surface area contributed by atoms with E-state index in [1.807, 2.05) is 58.0 Å². The molecule has 1 N–H and O–H groups in total. The molecule has 1 aromatic heterocycles. The predicted molar refractivity (Wildman–Crippen MR) is 121 cm³/mol. The first-order valence-electron chi connectivity index (χ1n) is 10.8. The van der Waals surface area contributed by atoms with E-state index in [0.29, 0.717) is 18.1 Å². The quantitative estimate of drug-likeness (QED) is 0.665. The Bertz CT molecular complexity index is 1030. The van der Waals surface area contributed by atoms with E-state index in [2.05, 4.69) is 10.3 Å². The van der Waals surface area contributed by atoms with Gasteiger partial charge in [-0.25, -0.2) is 4.98 Å². The highest BCUT2D eigenvalue weighted by atomic mass is 32.1. The molecule has 164 valence electrons. The van der Waals surface area contributed by atoms with Crippen LogP contribution in [0.15, 0.2) is 30.3 Å². The summed E-state index contributed by atoms with van der Waals surface area (Å²) in [7, 11) is 0. The maximum absolute atomic E-state index is 13.1. The first-order valence-corrected chi connectivity index (χ1v) is 11.7. The number of hydrogen-bond donors (Lipinski definition) is 1. The first kappa shape index (κ1) is 21.7. The molecule has 2 unspecified atom stereocenters. The largest absolute Gasteiger partial charge is 0.302 e. The van der Waals surface area contributed by atoms with Gasteiger partial charge in [-0.1, -0.05) is 51.1 Å². The molecule has 7 heteroatoms. The minimum atomic E-state index is -0.500. The molecule has 2 fully saturated rings. The lowest BCUT2D eigenvalue weighted by atomic mass is 9.62. The molecule has 0 radical (unpaired) electrons. The number of anilines is 1. The van der Waals surface area contributed by atoms with Crippen molar-refractivity contribution < 1.29 is 14.4 Å². The Morgan fingerprint density at radius 2 is 1.94 bits per heavy atom. The van der Waals surface area contributed by atoms with Crippen LogP contribution in [0.3, 0.4) is 0 Å². The molecular formula is C24H29N3O3S. The molecule has 0 spiro atoms. The Morgan fingerprint density at radius 1 is 1.23 bits per heavy atom. The Kier molecular flexibility index (Phi) is 5.50. The summed E-state index contributed by atoms with van der Waals surface area (Å²) < 4.78 is 0. The van der Waals surface area contributed by atoms with Gasteiger partial charge in [0.1, 0.15) is 0 Å². The molecule has 6 nitrogen and oxygen atoms in total. The highest BCUT2D eigenvalue weighted by molar-refractivity contribution is 7.16. The van der Waals surface area contributed by atoms with E-state index in [1.54, 1.807) is 0 Å². The van der Waals surface area contributed by atoms with Crippen molar-refractivity contribution in [3.63, 3.8) is 0 Å². The van der Waals surface area contributed by atoms with Crippen molar-refractivity contribution in [2.24, 2.45) is 16.7 Å². The molecule has 2 bridgehead atoms. The number of likely N-dealkylation sites (tertiary alicyclic amines) is 1. The van der Waals surface area contributed by atoms with Gasteiger partial charge in [-0.05, 0) is 31.6 Å². The predicted octanol–water partition coefficient (Wildman–Crippen LogP) is 4.65. The average Bonchev–Trinajstić information content (AvgIpc) is 3.18. The van der Waals surface area contributed by atoms with Crippen molar-refractivity contribution in [2.75, 3.05) is 11.9 Å². The molecule has 1 saturated carbocycles. The topological polar surface area (TPSA) is 79.4 Å². The number of aromatic nitrogens is 1. The molecule has 1 aliphatic carbocycles. The molecule has 2 aliphatic rings. The van der Waals surface area contributed by atoms with Crippen LogP contribution in [0, 0.1) is 23.7 Å². The van der Waals surface area contributed by atoms with Crippen LogP contribution in [0.2, 0.25) is 0 Å². The smallest absolute Gasteiger partial charge is 0.235 e. The van der Waals surface area contributed by atoms with Gasteiger partial charge in [-0.3, -0.25) is 19.3 Å². The highest BCUT2D eigenvalue weighted by Gasteiger charge is 2.64. The van der Waals surface area contributed by atoms with Crippen LogP contribution < -0.4 is 5.32 Å². The van der Waals surface area contributed by atoms with Crippen molar-refractivity contribution in [1.82, 2.24) is 9.88 Å². The van der Waals surface area contributed by atoms with Gasteiger partial charge in [0.25, 0.3) is 0 Å². The van der Waals surface area contributed by atoms with E-state index in [-0.39, 0.29) is 35.5 Å². The Morgan fingerprint density at radius 3 is 2.65 bits per heavy atom. The van der Waals surface area contributed by atoms with Gasteiger partial charge < -0.3 is 5.32 Å². The van der Waals surface area contributed by atoms with Crippen LogP contribution in [0.4, 0.5) is 5.13 Å². The van der Waals surface area contributed by atoms with Crippen molar-refractivity contribution in [3.05, 3.63) is 35.2 Å². The van der Waals surface area contributed by atoms with E-state index in [0.717, 1.165) is 29.0 Å². The highest BCUT2D eigenvalue weighted by Crippen LogP contribution is 2.60. The lowest BCUT2D eigenvalue weighted by molar-refractivity contribution is -0.168. The van der Waals surface area contributed by atoms with Crippen LogP contribution in [0.1, 0.15) is 51.3 Å². The summed E-state index contributed by atoms with van der Waals surface area (Å²) in [4.78, 5) is 45.4. The first-order chi connectivity index (χ1) is 14.6. The number of nitrogens with zero attached hydrogens (tertiary/aromatic N) is 2.